The standard InChI is InChI=1S/C31H50O3/c1-19(2)22-10-15-31(18-32)17-16-29(6)24(27(22)31)8-9-26-28(5)13-12-25(34-21(4)33)20(3)23(28)11-14-30(26,29)7/h20,22-27,32H,1,8-18H2,2-7H3/t20-,22+,23?,24?,25+,26?,27?,28+,29-,30-,31-/m1/s1. The Kier molecular flexibility index (Phi) is 5.91. The molecule has 0 aromatic carbocycles. The fourth-order valence-corrected chi connectivity index (χ4v) is 11.5. The van der Waals surface area contributed by atoms with Crippen LogP contribution in [0.2, 0.25) is 0 Å². The Hall–Kier alpha value is -0.830. The maximum atomic E-state index is 11.7. The highest BCUT2D eigenvalue weighted by Crippen LogP contribution is 2.76. The lowest BCUT2D eigenvalue weighted by Gasteiger charge is -2.72. The molecule has 0 aliphatic heterocycles. The summed E-state index contributed by atoms with van der Waals surface area (Å²) >= 11 is 0. The third-order valence-electron chi connectivity index (χ3n) is 13.4. The molecule has 0 bridgehead atoms. The molecule has 0 heterocycles. The molecule has 5 rings (SSSR count). The molecule has 5 aliphatic rings. The van der Waals surface area contributed by atoms with Crippen molar-refractivity contribution in [3.8, 4) is 0 Å². The lowest BCUT2D eigenvalue weighted by molar-refractivity contribution is -0.239. The van der Waals surface area contributed by atoms with Crippen LogP contribution in [0, 0.1) is 57.2 Å². The number of carbonyl (C=O) groups excluding carboxylic acids is 1. The quantitative estimate of drug-likeness (QED) is 0.351. The van der Waals surface area contributed by atoms with Gasteiger partial charge in [0.05, 0.1) is 0 Å². The van der Waals surface area contributed by atoms with Gasteiger partial charge in [0, 0.05) is 13.5 Å². The summed E-state index contributed by atoms with van der Waals surface area (Å²) < 4.78 is 5.80. The average molecular weight is 471 g/mol. The Bertz CT molecular complexity index is 850. The number of hydrogen-bond donors (Lipinski definition) is 1. The Morgan fingerprint density at radius 3 is 2.29 bits per heavy atom. The molecule has 5 saturated carbocycles. The van der Waals surface area contributed by atoms with Gasteiger partial charge in [-0.1, -0.05) is 39.8 Å². The van der Waals surface area contributed by atoms with Crippen molar-refractivity contribution in [3.63, 3.8) is 0 Å². The highest BCUT2D eigenvalue weighted by molar-refractivity contribution is 5.66. The fraction of sp³-hybridized carbons (Fsp3) is 0.903. The van der Waals surface area contributed by atoms with Crippen LogP contribution in [0.25, 0.3) is 0 Å². The monoisotopic (exact) mass is 470 g/mol. The second kappa shape index (κ2) is 8.09. The average Bonchev–Trinajstić information content (AvgIpc) is 3.17. The Morgan fingerprint density at radius 1 is 0.912 bits per heavy atom. The molecule has 0 radical (unpaired) electrons. The van der Waals surface area contributed by atoms with Crippen LogP contribution in [0.5, 0.6) is 0 Å². The van der Waals surface area contributed by atoms with Gasteiger partial charge < -0.3 is 9.84 Å². The van der Waals surface area contributed by atoms with E-state index in [4.69, 9.17) is 4.74 Å². The summed E-state index contributed by atoms with van der Waals surface area (Å²) in [5.41, 5.74) is 2.51. The zero-order valence-electron chi connectivity index (χ0n) is 22.8. The summed E-state index contributed by atoms with van der Waals surface area (Å²) in [6.45, 7) is 18.9. The highest BCUT2D eigenvalue weighted by atomic mass is 16.5. The van der Waals surface area contributed by atoms with Crippen LogP contribution in [-0.2, 0) is 9.53 Å². The number of hydrogen-bond acceptors (Lipinski definition) is 3. The highest BCUT2D eigenvalue weighted by Gasteiger charge is 2.70. The van der Waals surface area contributed by atoms with Crippen molar-refractivity contribution in [3.05, 3.63) is 12.2 Å². The van der Waals surface area contributed by atoms with Gasteiger partial charge in [-0.25, -0.2) is 0 Å². The van der Waals surface area contributed by atoms with Crippen molar-refractivity contribution in [1.29, 1.82) is 0 Å². The third-order valence-corrected chi connectivity index (χ3v) is 13.4. The zero-order chi connectivity index (χ0) is 24.7. The largest absolute Gasteiger partial charge is 0.462 e. The van der Waals surface area contributed by atoms with E-state index in [9.17, 15) is 9.90 Å². The summed E-state index contributed by atoms with van der Waals surface area (Å²) in [5, 5.41) is 10.7. The second-order valence-electron chi connectivity index (χ2n) is 14.3. The number of ether oxygens (including phenoxy) is 1. The zero-order valence-corrected chi connectivity index (χ0v) is 22.8. The molecule has 34 heavy (non-hydrogen) atoms. The first-order valence-electron chi connectivity index (χ1n) is 14.4. The van der Waals surface area contributed by atoms with E-state index in [-0.39, 0.29) is 17.5 Å². The first-order chi connectivity index (χ1) is 15.9. The van der Waals surface area contributed by atoms with Crippen LogP contribution in [0.3, 0.4) is 0 Å². The van der Waals surface area contributed by atoms with Gasteiger partial charge in [0.25, 0.3) is 0 Å². The van der Waals surface area contributed by atoms with E-state index in [1.54, 1.807) is 6.92 Å². The van der Waals surface area contributed by atoms with Crippen molar-refractivity contribution < 1.29 is 14.6 Å². The van der Waals surface area contributed by atoms with Gasteiger partial charge in [-0.2, -0.15) is 0 Å². The van der Waals surface area contributed by atoms with Crippen molar-refractivity contribution in [2.75, 3.05) is 6.61 Å². The van der Waals surface area contributed by atoms with Gasteiger partial charge in [-0.15, -0.1) is 0 Å². The Balaban J connectivity index is 1.48. The molecular weight excluding hydrogens is 420 g/mol. The van der Waals surface area contributed by atoms with Crippen LogP contribution in [0.15, 0.2) is 12.2 Å². The van der Waals surface area contributed by atoms with E-state index < -0.39 is 0 Å². The first kappa shape index (κ1) is 24.8. The van der Waals surface area contributed by atoms with Crippen molar-refractivity contribution in [1.82, 2.24) is 0 Å². The summed E-state index contributed by atoms with van der Waals surface area (Å²) in [7, 11) is 0. The normalized spacial score (nSPS) is 54.3. The van der Waals surface area contributed by atoms with Gasteiger partial charge in [0.15, 0.2) is 0 Å². The molecule has 3 heteroatoms. The van der Waals surface area contributed by atoms with Crippen LogP contribution in [0.4, 0.5) is 0 Å². The smallest absolute Gasteiger partial charge is 0.302 e. The van der Waals surface area contributed by atoms with Gasteiger partial charge in [0.2, 0.25) is 0 Å². The van der Waals surface area contributed by atoms with E-state index in [1.165, 1.54) is 63.4 Å². The van der Waals surface area contributed by atoms with Crippen LogP contribution < -0.4 is 0 Å². The van der Waals surface area contributed by atoms with E-state index in [2.05, 4.69) is 41.2 Å². The number of fused-ring (bicyclic) bond motifs is 7. The summed E-state index contributed by atoms with van der Waals surface area (Å²) in [6, 6.07) is 0. The van der Waals surface area contributed by atoms with Crippen molar-refractivity contribution in [2.45, 2.75) is 112 Å². The Labute approximate surface area is 208 Å². The summed E-state index contributed by atoms with van der Waals surface area (Å²) in [6.07, 6.45) is 12.4. The minimum Gasteiger partial charge on any atom is -0.462 e. The van der Waals surface area contributed by atoms with Gasteiger partial charge in [0.1, 0.15) is 6.10 Å². The van der Waals surface area contributed by atoms with Gasteiger partial charge in [-0.05, 0) is 128 Å². The Morgan fingerprint density at radius 2 is 1.65 bits per heavy atom. The lowest BCUT2D eigenvalue weighted by atomic mass is 9.33. The molecule has 5 fully saturated rings. The predicted octanol–water partition coefficient (Wildman–Crippen LogP) is 7.18. The molecule has 1 N–H and O–H groups in total. The number of aliphatic hydroxyl groups is 1. The minimum absolute atomic E-state index is 0.0986. The maximum absolute atomic E-state index is 11.7. The number of allylic oxidation sites excluding steroid dienone is 1. The third kappa shape index (κ3) is 3.13. The molecule has 11 atom stereocenters. The number of carbonyl (C=O) groups is 1. The summed E-state index contributed by atoms with van der Waals surface area (Å²) in [4.78, 5) is 11.7. The molecule has 4 unspecified atom stereocenters. The molecule has 0 amide bonds. The molecule has 0 aromatic rings. The second-order valence-corrected chi connectivity index (χ2v) is 14.3. The van der Waals surface area contributed by atoms with Crippen LogP contribution in [-0.4, -0.2) is 23.8 Å². The number of rotatable bonds is 3. The van der Waals surface area contributed by atoms with E-state index in [0.717, 1.165) is 12.3 Å². The molecule has 3 nitrogen and oxygen atoms in total. The first-order valence-corrected chi connectivity index (χ1v) is 14.4. The molecule has 0 saturated heterocycles. The van der Waals surface area contributed by atoms with Crippen LogP contribution in [0.1, 0.15) is 106 Å². The van der Waals surface area contributed by atoms with E-state index in [0.29, 0.717) is 52.4 Å². The lowest BCUT2D eigenvalue weighted by Crippen LogP contribution is -2.65. The van der Waals surface area contributed by atoms with E-state index in [1.807, 2.05) is 0 Å². The molecule has 0 spiro atoms. The molecule has 0 aromatic heterocycles. The minimum atomic E-state index is -0.118. The van der Waals surface area contributed by atoms with Gasteiger partial charge in [-0.3, -0.25) is 4.79 Å². The van der Waals surface area contributed by atoms with Crippen molar-refractivity contribution in [2.24, 2.45) is 57.2 Å². The van der Waals surface area contributed by atoms with Gasteiger partial charge >= 0.3 is 5.97 Å². The summed E-state index contributed by atoms with van der Waals surface area (Å²) in [5.74, 6) is 3.62. The topological polar surface area (TPSA) is 46.5 Å². The number of esters is 1. The maximum Gasteiger partial charge on any atom is 0.302 e. The molecule has 5 aliphatic carbocycles. The molecule has 192 valence electrons. The van der Waals surface area contributed by atoms with E-state index >= 15 is 0 Å². The SMILES string of the molecule is C=C(C)[C@@H]1CC[C@]2(CO)CC[C@]3(C)C(CCC4[C@@]5(C)CC[C@H](OC(C)=O)[C@H](C)C5CC[C@]43C)C12. The fourth-order valence-electron chi connectivity index (χ4n) is 11.5. The number of aliphatic hydroxyl groups excluding tert-OH is 1. The van der Waals surface area contributed by atoms with Crippen LogP contribution >= 0.6 is 0 Å². The predicted molar refractivity (Wildman–Crippen MR) is 137 cm³/mol. The van der Waals surface area contributed by atoms with Crippen molar-refractivity contribution >= 4 is 5.97 Å². The molecular formula is C31H50O3.